The molecule has 0 saturated heterocycles. The molecule has 3 rings (SSSR count). The number of nitrogens with zero attached hydrogens (tertiary/aromatic N) is 2. The lowest BCUT2D eigenvalue weighted by Crippen LogP contribution is -2.37. The fourth-order valence-corrected chi connectivity index (χ4v) is 2.54. The Bertz CT molecular complexity index is 848. The summed E-state index contributed by atoms with van der Waals surface area (Å²) in [6.07, 6.45) is 2.08. The van der Waals surface area contributed by atoms with Gasteiger partial charge in [-0.05, 0) is 6.92 Å². The highest BCUT2D eigenvalue weighted by Crippen LogP contribution is 2.14. The van der Waals surface area contributed by atoms with Gasteiger partial charge in [-0.2, -0.15) is 0 Å². The smallest absolute Gasteiger partial charge is 0.314 e. The van der Waals surface area contributed by atoms with Gasteiger partial charge in [-0.1, -0.05) is 0 Å². The van der Waals surface area contributed by atoms with Crippen molar-refractivity contribution in [2.75, 3.05) is 6.54 Å². The van der Waals surface area contributed by atoms with Gasteiger partial charge in [0.2, 0.25) is 0 Å². The highest BCUT2D eigenvalue weighted by molar-refractivity contribution is 5.21. The third-order valence-corrected chi connectivity index (χ3v) is 3.56. The molecule has 0 spiro atoms. The van der Waals surface area contributed by atoms with Crippen molar-refractivity contribution in [3.05, 3.63) is 60.0 Å². The maximum atomic E-state index is 12.0. The Morgan fingerprint density at radius 2 is 2.05 bits per heavy atom. The van der Waals surface area contributed by atoms with Gasteiger partial charge in [0.05, 0.1) is 11.3 Å². The minimum Gasteiger partial charge on any atom is -0.314 e. The van der Waals surface area contributed by atoms with Gasteiger partial charge in [-0.25, -0.2) is 9.78 Å². The third kappa shape index (κ3) is 2.70. The van der Waals surface area contributed by atoms with E-state index in [1.165, 1.54) is 6.20 Å². The zero-order chi connectivity index (χ0) is 15.0. The predicted molar refractivity (Wildman–Crippen MR) is 75.1 cm³/mol. The van der Waals surface area contributed by atoms with Gasteiger partial charge in [0, 0.05) is 37.8 Å². The number of fused-ring (bicyclic) bond motifs is 1. The van der Waals surface area contributed by atoms with Crippen molar-refractivity contribution in [3.8, 4) is 0 Å². The molecule has 0 saturated carbocycles. The molecule has 3 heterocycles. The number of aromatic amines is 3. The van der Waals surface area contributed by atoms with Gasteiger partial charge >= 0.3 is 5.69 Å². The van der Waals surface area contributed by atoms with Crippen molar-refractivity contribution in [2.24, 2.45) is 0 Å². The Labute approximate surface area is 118 Å². The lowest BCUT2D eigenvalue weighted by molar-refractivity contribution is 0.240. The highest BCUT2D eigenvalue weighted by atomic mass is 16.2. The molecule has 0 aliphatic carbocycles. The van der Waals surface area contributed by atoms with Crippen molar-refractivity contribution < 1.29 is 0 Å². The molecule has 2 aromatic rings. The number of H-pyrrole nitrogens is 3. The van der Waals surface area contributed by atoms with E-state index in [1.807, 2.05) is 4.90 Å². The summed E-state index contributed by atoms with van der Waals surface area (Å²) in [5.74, 6) is 0.615. The van der Waals surface area contributed by atoms with Crippen LogP contribution in [0.3, 0.4) is 0 Å². The number of hydrogen-bond acceptors (Lipinski definition) is 5. The summed E-state index contributed by atoms with van der Waals surface area (Å²) in [5, 5.41) is 0. The number of aryl methyl sites for hydroxylation is 1. The maximum absolute atomic E-state index is 12.0. The normalized spacial score (nSPS) is 14.9. The van der Waals surface area contributed by atoms with E-state index in [4.69, 9.17) is 0 Å². The molecular formula is C13H15N5O3. The van der Waals surface area contributed by atoms with Gasteiger partial charge < -0.3 is 9.97 Å². The van der Waals surface area contributed by atoms with Gasteiger partial charge in [0.1, 0.15) is 5.82 Å². The van der Waals surface area contributed by atoms with Crippen molar-refractivity contribution >= 4 is 0 Å². The molecule has 1 aliphatic heterocycles. The summed E-state index contributed by atoms with van der Waals surface area (Å²) in [7, 11) is 0. The average Bonchev–Trinajstić information content (AvgIpc) is 2.42. The zero-order valence-electron chi connectivity index (χ0n) is 11.5. The molecule has 0 atom stereocenters. The van der Waals surface area contributed by atoms with Crippen LogP contribution >= 0.6 is 0 Å². The molecule has 3 N–H and O–H groups in total. The number of nitrogens with one attached hydrogen (secondary N) is 3. The van der Waals surface area contributed by atoms with Crippen LogP contribution in [0.1, 0.15) is 22.6 Å². The highest BCUT2D eigenvalue weighted by Gasteiger charge is 2.21. The fraction of sp³-hybridized carbons (Fsp3) is 0.385. The summed E-state index contributed by atoms with van der Waals surface area (Å²) >= 11 is 0. The van der Waals surface area contributed by atoms with Crippen LogP contribution < -0.4 is 16.8 Å². The minimum absolute atomic E-state index is 0.127. The van der Waals surface area contributed by atoms with E-state index >= 15 is 0 Å². The first-order chi connectivity index (χ1) is 10.0. The molecule has 0 unspecified atom stereocenters. The van der Waals surface area contributed by atoms with E-state index < -0.39 is 11.2 Å². The first-order valence-electron chi connectivity index (χ1n) is 6.65. The van der Waals surface area contributed by atoms with Crippen LogP contribution in [0, 0.1) is 6.92 Å². The molecule has 0 fully saturated rings. The van der Waals surface area contributed by atoms with Crippen LogP contribution in [0.15, 0.2) is 20.6 Å². The fourth-order valence-electron chi connectivity index (χ4n) is 2.54. The predicted octanol–water partition coefficient (Wildman–Crippen LogP) is -0.987. The Morgan fingerprint density at radius 3 is 2.81 bits per heavy atom. The summed E-state index contributed by atoms with van der Waals surface area (Å²) in [4.78, 5) is 48.3. The topological polar surface area (TPSA) is 115 Å². The van der Waals surface area contributed by atoms with E-state index in [1.54, 1.807) is 6.92 Å². The van der Waals surface area contributed by atoms with Gasteiger partial charge in [0.25, 0.3) is 11.1 Å². The third-order valence-electron chi connectivity index (χ3n) is 3.56. The maximum Gasteiger partial charge on any atom is 0.325 e. The summed E-state index contributed by atoms with van der Waals surface area (Å²) in [6, 6.07) is 0. The van der Waals surface area contributed by atoms with Crippen LogP contribution in [0.5, 0.6) is 0 Å². The standard InChI is InChI=1S/C13H15N5O3/c1-7-15-10-2-3-18(6-9(10)12(20)16-7)5-8-4-14-13(21)17-11(8)19/h4H,2-3,5-6H2,1H3,(H,15,16,20)(H2,14,17,19,21). The lowest BCUT2D eigenvalue weighted by atomic mass is 10.1. The zero-order valence-corrected chi connectivity index (χ0v) is 11.5. The molecule has 110 valence electrons. The summed E-state index contributed by atoms with van der Waals surface area (Å²) in [6.45, 7) is 3.28. The largest absolute Gasteiger partial charge is 0.325 e. The SMILES string of the molecule is Cc1nc2c(c(=O)[nH]1)CN(Cc1c[nH]c(=O)[nH]c1=O)CC2. The molecule has 8 nitrogen and oxygen atoms in total. The van der Waals surface area contributed by atoms with Crippen molar-refractivity contribution in [3.63, 3.8) is 0 Å². The average molecular weight is 289 g/mol. The van der Waals surface area contributed by atoms with E-state index in [0.29, 0.717) is 43.0 Å². The molecule has 1 aliphatic rings. The van der Waals surface area contributed by atoms with E-state index in [9.17, 15) is 14.4 Å². The van der Waals surface area contributed by atoms with Crippen molar-refractivity contribution in [1.82, 2.24) is 24.8 Å². The van der Waals surface area contributed by atoms with Crippen LogP contribution in [-0.2, 0) is 19.5 Å². The molecule has 8 heteroatoms. The number of aromatic nitrogens is 4. The van der Waals surface area contributed by atoms with Crippen molar-refractivity contribution in [2.45, 2.75) is 26.4 Å². The molecule has 0 radical (unpaired) electrons. The Balaban J connectivity index is 1.85. The van der Waals surface area contributed by atoms with E-state index in [-0.39, 0.29) is 5.56 Å². The monoisotopic (exact) mass is 289 g/mol. The Morgan fingerprint density at radius 1 is 1.24 bits per heavy atom. The van der Waals surface area contributed by atoms with E-state index in [2.05, 4.69) is 19.9 Å². The van der Waals surface area contributed by atoms with Crippen LogP contribution in [0.2, 0.25) is 0 Å². The molecule has 2 aromatic heterocycles. The Kier molecular flexibility index (Phi) is 3.30. The molecule has 0 amide bonds. The lowest BCUT2D eigenvalue weighted by Gasteiger charge is -2.27. The van der Waals surface area contributed by atoms with Gasteiger partial charge in [0.15, 0.2) is 0 Å². The summed E-state index contributed by atoms with van der Waals surface area (Å²) < 4.78 is 0. The quantitative estimate of drug-likeness (QED) is 0.657. The second-order valence-corrected chi connectivity index (χ2v) is 5.13. The van der Waals surface area contributed by atoms with E-state index in [0.717, 1.165) is 5.69 Å². The Hall–Kier alpha value is -2.48. The second kappa shape index (κ2) is 5.13. The molecule has 21 heavy (non-hydrogen) atoms. The first-order valence-corrected chi connectivity index (χ1v) is 6.65. The van der Waals surface area contributed by atoms with Crippen LogP contribution in [0.4, 0.5) is 0 Å². The van der Waals surface area contributed by atoms with Crippen molar-refractivity contribution in [1.29, 1.82) is 0 Å². The summed E-state index contributed by atoms with van der Waals surface area (Å²) in [5.41, 5.74) is 0.882. The van der Waals surface area contributed by atoms with Crippen LogP contribution in [0.25, 0.3) is 0 Å². The van der Waals surface area contributed by atoms with Gasteiger partial charge in [-0.15, -0.1) is 0 Å². The first kappa shape index (κ1) is 13.5. The van der Waals surface area contributed by atoms with Gasteiger partial charge in [-0.3, -0.25) is 19.5 Å². The molecular weight excluding hydrogens is 274 g/mol. The second-order valence-electron chi connectivity index (χ2n) is 5.13. The van der Waals surface area contributed by atoms with Crippen LogP contribution in [-0.4, -0.2) is 31.4 Å². The molecule has 0 bridgehead atoms. The number of hydrogen-bond donors (Lipinski definition) is 3. The number of rotatable bonds is 2. The minimum atomic E-state index is -0.524. The molecule has 0 aromatic carbocycles.